The Morgan fingerprint density at radius 1 is 1.25 bits per heavy atom. The quantitative estimate of drug-likeness (QED) is 0.342. The maximum Gasteiger partial charge on any atom is 0.296 e. The van der Waals surface area contributed by atoms with Crippen LogP contribution in [0.4, 0.5) is 17.1 Å². The molecule has 7 heteroatoms. The van der Waals surface area contributed by atoms with Crippen molar-refractivity contribution < 1.29 is 14.8 Å². The molecule has 0 aliphatic rings. The first-order chi connectivity index (χ1) is 9.49. The van der Waals surface area contributed by atoms with Gasteiger partial charge in [-0.25, -0.2) is 0 Å². The number of rotatable bonds is 3. The van der Waals surface area contributed by atoms with Gasteiger partial charge in [-0.2, -0.15) is 0 Å². The van der Waals surface area contributed by atoms with Gasteiger partial charge in [-0.05, 0) is 24.3 Å². The lowest BCUT2D eigenvalue weighted by molar-refractivity contribution is -0.384. The number of nitrogens with two attached hydrogens (primary N) is 1. The number of anilines is 2. The molecule has 0 unspecified atom stereocenters. The number of amides is 1. The molecular weight excluding hydrogens is 262 g/mol. The summed E-state index contributed by atoms with van der Waals surface area (Å²) in [6, 6.07) is 9.84. The van der Waals surface area contributed by atoms with E-state index in [2.05, 4.69) is 5.32 Å². The maximum absolute atomic E-state index is 12.0. The minimum atomic E-state index is -0.691. The number of nitrogen functional groups attached to an aromatic ring is 1. The number of hydrogen-bond donors (Lipinski definition) is 3. The highest BCUT2D eigenvalue weighted by molar-refractivity contribution is 6.08. The molecule has 102 valence electrons. The van der Waals surface area contributed by atoms with E-state index in [1.165, 1.54) is 18.2 Å². The predicted molar refractivity (Wildman–Crippen MR) is 73.6 cm³/mol. The molecule has 0 atom stereocenters. The van der Waals surface area contributed by atoms with Gasteiger partial charge in [-0.1, -0.05) is 12.1 Å². The normalized spacial score (nSPS) is 10.0. The molecule has 0 aliphatic carbocycles. The van der Waals surface area contributed by atoms with Crippen LogP contribution in [0.25, 0.3) is 0 Å². The van der Waals surface area contributed by atoms with E-state index in [9.17, 15) is 20.0 Å². The van der Waals surface area contributed by atoms with Gasteiger partial charge in [-0.15, -0.1) is 0 Å². The lowest BCUT2D eigenvalue weighted by Gasteiger charge is -2.08. The third-order valence-corrected chi connectivity index (χ3v) is 2.63. The molecule has 0 fully saturated rings. The zero-order chi connectivity index (χ0) is 14.7. The van der Waals surface area contributed by atoms with Crippen LogP contribution in [0.5, 0.6) is 5.75 Å². The van der Waals surface area contributed by atoms with Crippen molar-refractivity contribution >= 4 is 23.0 Å². The van der Waals surface area contributed by atoms with Gasteiger partial charge in [0.05, 0.1) is 16.6 Å². The van der Waals surface area contributed by atoms with Crippen molar-refractivity contribution in [1.82, 2.24) is 0 Å². The van der Waals surface area contributed by atoms with E-state index in [0.29, 0.717) is 0 Å². The summed E-state index contributed by atoms with van der Waals surface area (Å²) in [4.78, 5) is 22.2. The summed E-state index contributed by atoms with van der Waals surface area (Å²) in [5.74, 6) is -0.814. The lowest BCUT2D eigenvalue weighted by Crippen LogP contribution is -2.14. The standard InChI is InChI=1S/C13H11N3O4/c14-10-4-2-1-3-9(10)13(18)15-11-6-5-8(17)7-12(11)16(19)20/h1-7,17H,14H2,(H,15,18). The van der Waals surface area contributed by atoms with Crippen LogP contribution < -0.4 is 11.1 Å². The number of phenolic OH excluding ortho intramolecular Hbond substituents is 1. The Bertz CT molecular complexity index is 685. The van der Waals surface area contributed by atoms with Gasteiger partial charge in [0.2, 0.25) is 0 Å². The van der Waals surface area contributed by atoms with Crippen LogP contribution in [0.1, 0.15) is 10.4 Å². The molecule has 0 heterocycles. The fourth-order valence-electron chi connectivity index (χ4n) is 1.67. The minimum absolute atomic E-state index is 0.0129. The number of benzene rings is 2. The number of aromatic hydroxyl groups is 1. The van der Waals surface area contributed by atoms with E-state index in [1.54, 1.807) is 18.2 Å². The summed E-state index contributed by atoms with van der Waals surface area (Å²) in [5, 5.41) is 22.5. The first-order valence-corrected chi connectivity index (χ1v) is 5.62. The molecule has 2 aromatic rings. The highest BCUT2D eigenvalue weighted by Crippen LogP contribution is 2.29. The Hall–Kier alpha value is -3.09. The molecule has 2 aromatic carbocycles. The molecule has 20 heavy (non-hydrogen) atoms. The highest BCUT2D eigenvalue weighted by atomic mass is 16.6. The first-order valence-electron chi connectivity index (χ1n) is 5.62. The molecule has 0 saturated heterocycles. The van der Waals surface area contributed by atoms with Crippen molar-refractivity contribution in [2.45, 2.75) is 0 Å². The number of nitro benzene ring substituents is 1. The van der Waals surface area contributed by atoms with Crippen molar-refractivity contribution in [3.05, 3.63) is 58.1 Å². The number of hydrogen-bond acceptors (Lipinski definition) is 5. The van der Waals surface area contributed by atoms with E-state index in [1.807, 2.05) is 0 Å². The monoisotopic (exact) mass is 273 g/mol. The minimum Gasteiger partial charge on any atom is -0.508 e. The SMILES string of the molecule is Nc1ccccc1C(=O)Nc1ccc(O)cc1[N+](=O)[O-]. The van der Waals surface area contributed by atoms with Crippen molar-refractivity contribution in [3.63, 3.8) is 0 Å². The number of para-hydroxylation sites is 1. The van der Waals surface area contributed by atoms with E-state index >= 15 is 0 Å². The fraction of sp³-hybridized carbons (Fsp3) is 0. The van der Waals surface area contributed by atoms with Crippen LogP contribution in [0.15, 0.2) is 42.5 Å². The van der Waals surface area contributed by atoms with Gasteiger partial charge >= 0.3 is 0 Å². The van der Waals surface area contributed by atoms with Crippen LogP contribution >= 0.6 is 0 Å². The van der Waals surface area contributed by atoms with E-state index in [0.717, 1.165) is 6.07 Å². The summed E-state index contributed by atoms with van der Waals surface area (Å²) in [7, 11) is 0. The van der Waals surface area contributed by atoms with Crippen molar-refractivity contribution in [2.24, 2.45) is 0 Å². The number of phenols is 1. The average molecular weight is 273 g/mol. The summed E-state index contributed by atoms with van der Waals surface area (Å²) in [6.07, 6.45) is 0. The summed E-state index contributed by atoms with van der Waals surface area (Å²) < 4.78 is 0. The first kappa shape index (κ1) is 13.3. The molecular formula is C13H11N3O4. The summed E-state index contributed by atoms with van der Waals surface area (Å²) in [6.45, 7) is 0. The van der Waals surface area contributed by atoms with Gasteiger partial charge < -0.3 is 16.2 Å². The molecule has 0 aromatic heterocycles. The molecule has 1 amide bonds. The Kier molecular flexibility index (Phi) is 3.52. The molecule has 0 spiro atoms. The summed E-state index contributed by atoms with van der Waals surface area (Å²) in [5.41, 5.74) is 5.74. The van der Waals surface area contributed by atoms with Gasteiger partial charge in [-0.3, -0.25) is 14.9 Å². The van der Waals surface area contributed by atoms with Gasteiger partial charge in [0, 0.05) is 5.69 Å². The predicted octanol–water partition coefficient (Wildman–Crippen LogP) is 2.13. The second-order valence-corrected chi connectivity index (χ2v) is 4.00. The Balaban J connectivity index is 2.33. The van der Waals surface area contributed by atoms with E-state index in [4.69, 9.17) is 5.73 Å². The zero-order valence-corrected chi connectivity index (χ0v) is 10.2. The smallest absolute Gasteiger partial charge is 0.296 e. The largest absolute Gasteiger partial charge is 0.508 e. The van der Waals surface area contributed by atoms with Gasteiger partial charge in [0.15, 0.2) is 0 Å². The second-order valence-electron chi connectivity index (χ2n) is 4.00. The number of nitrogens with one attached hydrogen (secondary N) is 1. The Labute approximate surface area is 113 Å². The molecule has 7 nitrogen and oxygen atoms in total. The van der Waals surface area contributed by atoms with Crippen LogP contribution in [0.2, 0.25) is 0 Å². The maximum atomic E-state index is 12.0. The molecule has 2 rings (SSSR count). The van der Waals surface area contributed by atoms with E-state index < -0.39 is 16.5 Å². The van der Waals surface area contributed by atoms with Crippen molar-refractivity contribution in [2.75, 3.05) is 11.1 Å². The average Bonchev–Trinajstić information content (AvgIpc) is 2.41. The van der Waals surface area contributed by atoms with Crippen molar-refractivity contribution in [3.8, 4) is 5.75 Å². The fourth-order valence-corrected chi connectivity index (χ4v) is 1.67. The topological polar surface area (TPSA) is 118 Å². The number of nitrogens with zero attached hydrogens (tertiary/aromatic N) is 1. The lowest BCUT2D eigenvalue weighted by atomic mass is 10.1. The van der Waals surface area contributed by atoms with Crippen LogP contribution in [-0.4, -0.2) is 15.9 Å². The Morgan fingerprint density at radius 2 is 1.95 bits per heavy atom. The molecule has 0 bridgehead atoms. The molecule has 0 radical (unpaired) electrons. The number of carbonyl (C=O) groups is 1. The molecule has 0 saturated carbocycles. The van der Waals surface area contributed by atoms with Crippen LogP contribution in [0, 0.1) is 10.1 Å². The Morgan fingerprint density at radius 3 is 2.60 bits per heavy atom. The third-order valence-electron chi connectivity index (χ3n) is 2.63. The highest BCUT2D eigenvalue weighted by Gasteiger charge is 2.18. The second kappa shape index (κ2) is 5.27. The van der Waals surface area contributed by atoms with Crippen LogP contribution in [0.3, 0.4) is 0 Å². The van der Waals surface area contributed by atoms with E-state index in [-0.39, 0.29) is 22.7 Å². The number of nitro groups is 1. The molecule has 0 aliphatic heterocycles. The van der Waals surface area contributed by atoms with Gasteiger partial charge in [0.25, 0.3) is 11.6 Å². The molecule has 4 N–H and O–H groups in total. The van der Waals surface area contributed by atoms with Gasteiger partial charge in [0.1, 0.15) is 11.4 Å². The van der Waals surface area contributed by atoms with Crippen LogP contribution in [-0.2, 0) is 0 Å². The van der Waals surface area contributed by atoms with Crippen molar-refractivity contribution in [1.29, 1.82) is 0 Å². The zero-order valence-electron chi connectivity index (χ0n) is 10.2. The summed E-state index contributed by atoms with van der Waals surface area (Å²) >= 11 is 0. The third kappa shape index (κ3) is 2.66. The number of carbonyl (C=O) groups excluding carboxylic acids is 1.